The Kier molecular flexibility index (Phi) is 2.87. The van der Waals surface area contributed by atoms with Crippen LogP contribution in [0.5, 0.6) is 0 Å². The Hall–Kier alpha value is -0.830. The molecular weight excluding hydrogens is 178 g/mol. The Morgan fingerprint density at radius 2 is 2.00 bits per heavy atom. The molecule has 2 aliphatic rings. The van der Waals surface area contributed by atoms with Gasteiger partial charge in [-0.25, -0.2) is 0 Å². The van der Waals surface area contributed by atoms with Gasteiger partial charge >= 0.3 is 0 Å². The maximum atomic E-state index is 11.6. The van der Waals surface area contributed by atoms with Crippen molar-refractivity contribution < 1.29 is 9.90 Å². The minimum atomic E-state index is -0.120. The summed E-state index contributed by atoms with van der Waals surface area (Å²) < 4.78 is 0. The topological polar surface area (TPSA) is 49.3 Å². The molecule has 1 amide bonds. The molecule has 2 rings (SSSR count). The molecule has 0 aromatic carbocycles. The molecule has 0 aliphatic heterocycles. The summed E-state index contributed by atoms with van der Waals surface area (Å²) >= 11 is 0. The molecule has 0 heterocycles. The molecular formula is C11H17NO2. The molecule has 78 valence electrons. The molecule has 0 unspecified atom stereocenters. The Labute approximate surface area is 84.2 Å². The summed E-state index contributed by atoms with van der Waals surface area (Å²) in [6, 6.07) is 0. The Balaban J connectivity index is 1.63. The number of carbonyl (C=O) groups excluding carboxylic acids is 1. The van der Waals surface area contributed by atoms with Crippen LogP contribution < -0.4 is 5.32 Å². The first-order chi connectivity index (χ1) is 6.75. The summed E-state index contributed by atoms with van der Waals surface area (Å²) in [6.07, 6.45) is 7.49. The van der Waals surface area contributed by atoms with E-state index in [1.165, 1.54) is 0 Å². The minimum Gasteiger partial charge on any atom is -0.393 e. The highest BCUT2D eigenvalue weighted by atomic mass is 16.3. The number of hydrogen-bond acceptors (Lipinski definition) is 2. The first-order valence-electron chi connectivity index (χ1n) is 5.36. The predicted octanol–water partition coefficient (Wildman–Crippen LogP) is 0.840. The van der Waals surface area contributed by atoms with Crippen LogP contribution in [0.4, 0.5) is 0 Å². The third kappa shape index (κ3) is 2.15. The molecule has 14 heavy (non-hydrogen) atoms. The molecule has 3 nitrogen and oxygen atoms in total. The first-order valence-corrected chi connectivity index (χ1v) is 5.36. The average Bonchev–Trinajstić information content (AvgIpc) is 2.62. The predicted molar refractivity (Wildman–Crippen MR) is 53.6 cm³/mol. The van der Waals surface area contributed by atoms with Crippen LogP contribution in [0.2, 0.25) is 0 Å². The third-order valence-electron chi connectivity index (χ3n) is 3.15. The molecule has 0 aromatic rings. The van der Waals surface area contributed by atoms with Crippen molar-refractivity contribution in [3.8, 4) is 0 Å². The van der Waals surface area contributed by atoms with Crippen LogP contribution in [0.25, 0.3) is 0 Å². The normalized spacial score (nSPS) is 31.5. The van der Waals surface area contributed by atoms with Crippen molar-refractivity contribution in [3.05, 3.63) is 12.2 Å². The van der Waals surface area contributed by atoms with E-state index in [-0.39, 0.29) is 17.9 Å². The molecule has 0 spiro atoms. The fourth-order valence-corrected chi connectivity index (χ4v) is 2.09. The van der Waals surface area contributed by atoms with Crippen LogP contribution in [0, 0.1) is 11.8 Å². The van der Waals surface area contributed by atoms with Crippen LogP contribution in [0.3, 0.4) is 0 Å². The van der Waals surface area contributed by atoms with Gasteiger partial charge in [-0.3, -0.25) is 4.79 Å². The van der Waals surface area contributed by atoms with Gasteiger partial charge in [0.15, 0.2) is 0 Å². The fraction of sp³-hybridized carbons (Fsp3) is 0.727. The summed E-state index contributed by atoms with van der Waals surface area (Å²) in [7, 11) is 0. The maximum Gasteiger partial charge on any atom is 0.223 e. The molecule has 0 radical (unpaired) electrons. The molecule has 2 aliphatic carbocycles. The maximum absolute atomic E-state index is 11.6. The van der Waals surface area contributed by atoms with Crippen molar-refractivity contribution in [2.75, 3.05) is 6.54 Å². The van der Waals surface area contributed by atoms with E-state index in [0.717, 1.165) is 32.2 Å². The molecule has 0 aromatic heterocycles. The number of rotatable bonds is 3. The lowest BCUT2D eigenvalue weighted by molar-refractivity contribution is -0.125. The molecule has 3 heteroatoms. The van der Waals surface area contributed by atoms with Gasteiger partial charge < -0.3 is 10.4 Å². The Bertz CT molecular complexity index is 236. The molecule has 0 saturated heterocycles. The summed E-state index contributed by atoms with van der Waals surface area (Å²) in [5.41, 5.74) is 0. The lowest BCUT2D eigenvalue weighted by Crippen LogP contribution is -2.40. The van der Waals surface area contributed by atoms with Crippen LogP contribution in [0.1, 0.15) is 25.7 Å². The van der Waals surface area contributed by atoms with Gasteiger partial charge in [0.1, 0.15) is 0 Å². The van der Waals surface area contributed by atoms with E-state index in [2.05, 4.69) is 17.5 Å². The van der Waals surface area contributed by atoms with Gasteiger partial charge in [-0.05, 0) is 31.6 Å². The van der Waals surface area contributed by atoms with Crippen LogP contribution >= 0.6 is 0 Å². The van der Waals surface area contributed by atoms with Crippen LogP contribution in [-0.4, -0.2) is 23.7 Å². The summed E-state index contributed by atoms with van der Waals surface area (Å²) in [6.45, 7) is 0.742. The minimum absolute atomic E-state index is 0.120. The van der Waals surface area contributed by atoms with E-state index in [4.69, 9.17) is 5.11 Å². The zero-order valence-electron chi connectivity index (χ0n) is 8.28. The van der Waals surface area contributed by atoms with E-state index < -0.39 is 0 Å². The lowest BCUT2D eigenvalue weighted by Gasteiger charge is -2.31. The SMILES string of the molecule is O=C(NCC1CC(O)C1)C1CC=CC1. The number of aliphatic hydroxyl groups is 1. The highest BCUT2D eigenvalue weighted by Gasteiger charge is 2.28. The van der Waals surface area contributed by atoms with Gasteiger partial charge in [-0.1, -0.05) is 12.2 Å². The van der Waals surface area contributed by atoms with E-state index in [9.17, 15) is 4.79 Å². The lowest BCUT2D eigenvalue weighted by atomic mass is 9.82. The highest BCUT2D eigenvalue weighted by Crippen LogP contribution is 2.26. The first kappa shape index (κ1) is 9.71. The van der Waals surface area contributed by atoms with Crippen molar-refractivity contribution in [1.29, 1.82) is 0 Å². The van der Waals surface area contributed by atoms with Gasteiger partial charge in [0, 0.05) is 12.5 Å². The molecule has 0 bridgehead atoms. The zero-order chi connectivity index (χ0) is 9.97. The van der Waals surface area contributed by atoms with Crippen molar-refractivity contribution >= 4 is 5.91 Å². The average molecular weight is 195 g/mol. The largest absolute Gasteiger partial charge is 0.393 e. The van der Waals surface area contributed by atoms with Gasteiger partial charge in [0.25, 0.3) is 0 Å². The number of nitrogens with one attached hydrogen (secondary N) is 1. The number of amides is 1. The number of hydrogen-bond donors (Lipinski definition) is 2. The molecule has 1 saturated carbocycles. The van der Waals surface area contributed by atoms with Gasteiger partial charge in [0.05, 0.1) is 6.10 Å². The van der Waals surface area contributed by atoms with Crippen molar-refractivity contribution in [3.63, 3.8) is 0 Å². The summed E-state index contributed by atoms with van der Waals surface area (Å²) in [5.74, 6) is 0.847. The van der Waals surface area contributed by atoms with Crippen LogP contribution in [-0.2, 0) is 4.79 Å². The Morgan fingerprint density at radius 1 is 1.36 bits per heavy atom. The third-order valence-corrected chi connectivity index (χ3v) is 3.15. The second kappa shape index (κ2) is 4.13. The van der Waals surface area contributed by atoms with E-state index in [1.54, 1.807) is 0 Å². The monoisotopic (exact) mass is 195 g/mol. The Morgan fingerprint density at radius 3 is 2.57 bits per heavy atom. The van der Waals surface area contributed by atoms with E-state index >= 15 is 0 Å². The number of allylic oxidation sites excluding steroid dienone is 2. The summed E-state index contributed by atoms with van der Waals surface area (Å²) in [5, 5.41) is 12.0. The van der Waals surface area contributed by atoms with E-state index in [1.807, 2.05) is 0 Å². The van der Waals surface area contributed by atoms with Gasteiger partial charge in [-0.15, -0.1) is 0 Å². The molecule has 2 N–H and O–H groups in total. The standard InChI is InChI=1S/C11H17NO2/c13-10-5-8(6-10)7-12-11(14)9-3-1-2-4-9/h1-2,8-10,13H,3-7H2,(H,12,14). The molecule has 1 fully saturated rings. The van der Waals surface area contributed by atoms with Crippen molar-refractivity contribution in [2.24, 2.45) is 11.8 Å². The van der Waals surface area contributed by atoms with Gasteiger partial charge in [-0.2, -0.15) is 0 Å². The van der Waals surface area contributed by atoms with Crippen molar-refractivity contribution in [2.45, 2.75) is 31.8 Å². The second-order valence-corrected chi connectivity index (χ2v) is 4.38. The highest BCUT2D eigenvalue weighted by molar-refractivity contribution is 5.79. The zero-order valence-corrected chi connectivity index (χ0v) is 8.28. The van der Waals surface area contributed by atoms with Crippen LogP contribution in [0.15, 0.2) is 12.2 Å². The van der Waals surface area contributed by atoms with Gasteiger partial charge in [0.2, 0.25) is 5.91 Å². The quantitative estimate of drug-likeness (QED) is 0.656. The number of carbonyl (C=O) groups is 1. The smallest absolute Gasteiger partial charge is 0.223 e. The summed E-state index contributed by atoms with van der Waals surface area (Å²) in [4.78, 5) is 11.6. The van der Waals surface area contributed by atoms with E-state index in [0.29, 0.717) is 5.92 Å². The number of aliphatic hydroxyl groups excluding tert-OH is 1. The second-order valence-electron chi connectivity index (χ2n) is 4.38. The van der Waals surface area contributed by atoms with Crippen molar-refractivity contribution in [1.82, 2.24) is 5.32 Å². The fourth-order valence-electron chi connectivity index (χ4n) is 2.09. The molecule has 0 atom stereocenters.